The lowest BCUT2D eigenvalue weighted by Crippen LogP contribution is -2.21. The number of ether oxygens (including phenoxy) is 1. The van der Waals surface area contributed by atoms with Gasteiger partial charge in [0.1, 0.15) is 0 Å². The highest BCUT2D eigenvalue weighted by Gasteiger charge is 2.17. The largest absolute Gasteiger partial charge is 0.474 e. The van der Waals surface area contributed by atoms with Crippen LogP contribution >= 0.6 is 11.3 Å². The second-order valence-corrected chi connectivity index (χ2v) is 4.69. The summed E-state index contributed by atoms with van der Waals surface area (Å²) in [5, 5.41) is 12.4. The van der Waals surface area contributed by atoms with Crippen LogP contribution < -0.4 is 5.32 Å². The molecule has 0 saturated carbocycles. The van der Waals surface area contributed by atoms with Gasteiger partial charge >= 0.3 is 17.8 Å². The number of esters is 1. The standard InChI is InChI=1S/C13H10N2O5S/c1-20-12(19)8-5-3-2-4-7(8)9-6-21-13(14-9)15-10(16)11(17)18/h2-6H,1H3,(H,17,18)(H,14,15,16). The molecular formula is C13H10N2O5S. The summed E-state index contributed by atoms with van der Waals surface area (Å²) < 4.78 is 4.69. The Morgan fingerprint density at radius 1 is 1.29 bits per heavy atom. The van der Waals surface area contributed by atoms with E-state index in [-0.39, 0.29) is 5.13 Å². The van der Waals surface area contributed by atoms with Crippen molar-refractivity contribution < 1.29 is 24.2 Å². The molecule has 1 aromatic carbocycles. The van der Waals surface area contributed by atoms with Crippen molar-refractivity contribution in [3.8, 4) is 11.3 Å². The molecule has 2 aromatic rings. The molecule has 0 aliphatic carbocycles. The first-order valence-electron chi connectivity index (χ1n) is 5.70. The number of carboxylic acid groups (broad SMARTS) is 1. The predicted molar refractivity (Wildman–Crippen MR) is 75.2 cm³/mol. The molecule has 1 aromatic heterocycles. The van der Waals surface area contributed by atoms with Crippen molar-refractivity contribution in [3.63, 3.8) is 0 Å². The molecular weight excluding hydrogens is 296 g/mol. The van der Waals surface area contributed by atoms with E-state index in [1.807, 2.05) is 0 Å². The number of carbonyl (C=O) groups is 3. The van der Waals surface area contributed by atoms with E-state index >= 15 is 0 Å². The van der Waals surface area contributed by atoms with Gasteiger partial charge in [-0.3, -0.25) is 10.1 Å². The fourth-order valence-electron chi connectivity index (χ4n) is 1.60. The molecule has 1 heterocycles. The predicted octanol–water partition coefficient (Wildman–Crippen LogP) is 1.62. The molecule has 0 saturated heterocycles. The zero-order valence-corrected chi connectivity index (χ0v) is 11.6. The molecule has 0 unspecified atom stereocenters. The van der Waals surface area contributed by atoms with Gasteiger partial charge in [0.05, 0.1) is 18.4 Å². The first kappa shape index (κ1) is 14.7. The van der Waals surface area contributed by atoms with E-state index in [1.165, 1.54) is 7.11 Å². The zero-order valence-electron chi connectivity index (χ0n) is 10.8. The van der Waals surface area contributed by atoms with E-state index in [0.717, 1.165) is 11.3 Å². The monoisotopic (exact) mass is 306 g/mol. The first-order chi connectivity index (χ1) is 10.0. The number of aliphatic carboxylic acids is 1. The van der Waals surface area contributed by atoms with Crippen LogP contribution in [0.3, 0.4) is 0 Å². The van der Waals surface area contributed by atoms with Crippen LogP contribution in [0.1, 0.15) is 10.4 Å². The summed E-state index contributed by atoms with van der Waals surface area (Å²) in [6.45, 7) is 0. The molecule has 2 N–H and O–H groups in total. The van der Waals surface area contributed by atoms with Crippen molar-refractivity contribution in [3.05, 3.63) is 35.2 Å². The molecule has 0 bridgehead atoms. The number of rotatable bonds is 3. The fraction of sp³-hybridized carbons (Fsp3) is 0.0769. The second-order valence-electron chi connectivity index (χ2n) is 3.83. The number of amides is 1. The van der Waals surface area contributed by atoms with Crippen molar-refractivity contribution in [2.75, 3.05) is 12.4 Å². The van der Waals surface area contributed by atoms with Crippen molar-refractivity contribution in [1.29, 1.82) is 0 Å². The van der Waals surface area contributed by atoms with Gasteiger partial charge in [-0.2, -0.15) is 0 Å². The van der Waals surface area contributed by atoms with Gasteiger partial charge in [0.15, 0.2) is 5.13 Å². The van der Waals surface area contributed by atoms with E-state index in [4.69, 9.17) is 9.84 Å². The van der Waals surface area contributed by atoms with Gasteiger partial charge in [0.25, 0.3) is 0 Å². The second kappa shape index (κ2) is 6.14. The molecule has 21 heavy (non-hydrogen) atoms. The Labute approximate surface area is 123 Å². The smallest absolute Gasteiger partial charge is 0.394 e. The van der Waals surface area contributed by atoms with Crippen LogP contribution in [0.4, 0.5) is 5.13 Å². The highest BCUT2D eigenvalue weighted by molar-refractivity contribution is 7.14. The maximum atomic E-state index is 11.7. The minimum absolute atomic E-state index is 0.136. The van der Waals surface area contributed by atoms with Gasteiger partial charge in [-0.05, 0) is 6.07 Å². The number of carbonyl (C=O) groups excluding carboxylic acids is 2. The highest BCUT2D eigenvalue weighted by Crippen LogP contribution is 2.28. The lowest BCUT2D eigenvalue weighted by atomic mass is 10.1. The Bertz CT molecular complexity index is 710. The number of nitrogens with zero attached hydrogens (tertiary/aromatic N) is 1. The number of thiazole rings is 1. The molecule has 0 radical (unpaired) electrons. The number of hydrogen-bond acceptors (Lipinski definition) is 6. The molecule has 0 atom stereocenters. The van der Waals surface area contributed by atoms with Crippen molar-refractivity contribution >= 4 is 34.3 Å². The summed E-state index contributed by atoms with van der Waals surface area (Å²) in [5.74, 6) is -3.27. The Balaban J connectivity index is 2.32. The summed E-state index contributed by atoms with van der Waals surface area (Å²) in [6, 6.07) is 6.70. The van der Waals surface area contributed by atoms with E-state index in [2.05, 4.69) is 10.3 Å². The number of anilines is 1. The average Bonchev–Trinajstić information content (AvgIpc) is 2.94. The van der Waals surface area contributed by atoms with Crippen LogP contribution in [0.25, 0.3) is 11.3 Å². The Morgan fingerprint density at radius 3 is 2.67 bits per heavy atom. The quantitative estimate of drug-likeness (QED) is 0.659. The molecule has 0 fully saturated rings. The van der Waals surface area contributed by atoms with Crippen LogP contribution in [0.15, 0.2) is 29.6 Å². The Hall–Kier alpha value is -2.74. The number of nitrogens with one attached hydrogen (secondary N) is 1. The van der Waals surface area contributed by atoms with Gasteiger partial charge in [0.2, 0.25) is 0 Å². The maximum Gasteiger partial charge on any atom is 0.394 e. The Morgan fingerprint density at radius 2 is 2.00 bits per heavy atom. The molecule has 7 nitrogen and oxygen atoms in total. The van der Waals surface area contributed by atoms with Gasteiger partial charge in [0, 0.05) is 10.9 Å². The maximum absolute atomic E-state index is 11.7. The van der Waals surface area contributed by atoms with Crippen molar-refractivity contribution in [2.45, 2.75) is 0 Å². The minimum atomic E-state index is -1.60. The third kappa shape index (κ3) is 3.23. The lowest BCUT2D eigenvalue weighted by Gasteiger charge is -2.04. The van der Waals surface area contributed by atoms with Crippen LogP contribution in [-0.4, -0.2) is 35.0 Å². The molecule has 8 heteroatoms. The number of hydrogen-bond donors (Lipinski definition) is 2. The van der Waals surface area contributed by atoms with Crippen molar-refractivity contribution in [1.82, 2.24) is 4.98 Å². The van der Waals surface area contributed by atoms with Gasteiger partial charge < -0.3 is 9.84 Å². The van der Waals surface area contributed by atoms with Crippen LogP contribution in [-0.2, 0) is 14.3 Å². The van der Waals surface area contributed by atoms with E-state index in [0.29, 0.717) is 16.8 Å². The number of aromatic nitrogens is 1. The number of carboxylic acids is 1. The molecule has 1 amide bonds. The minimum Gasteiger partial charge on any atom is -0.474 e. The number of benzene rings is 1. The molecule has 0 aliphatic rings. The highest BCUT2D eigenvalue weighted by atomic mass is 32.1. The molecule has 0 spiro atoms. The molecule has 0 aliphatic heterocycles. The zero-order chi connectivity index (χ0) is 15.4. The van der Waals surface area contributed by atoms with Gasteiger partial charge in [-0.15, -0.1) is 11.3 Å². The normalized spacial score (nSPS) is 9.95. The summed E-state index contributed by atoms with van der Waals surface area (Å²) in [6.07, 6.45) is 0. The summed E-state index contributed by atoms with van der Waals surface area (Å²) in [5.41, 5.74) is 1.32. The van der Waals surface area contributed by atoms with Gasteiger partial charge in [-0.1, -0.05) is 18.2 Å². The average molecular weight is 306 g/mol. The summed E-state index contributed by atoms with van der Waals surface area (Å²) >= 11 is 1.06. The topological polar surface area (TPSA) is 106 Å². The van der Waals surface area contributed by atoms with Gasteiger partial charge in [-0.25, -0.2) is 14.6 Å². The first-order valence-corrected chi connectivity index (χ1v) is 6.58. The van der Waals surface area contributed by atoms with E-state index in [1.54, 1.807) is 29.6 Å². The van der Waals surface area contributed by atoms with Crippen molar-refractivity contribution in [2.24, 2.45) is 0 Å². The van der Waals surface area contributed by atoms with E-state index in [9.17, 15) is 14.4 Å². The number of methoxy groups -OCH3 is 1. The lowest BCUT2D eigenvalue weighted by molar-refractivity contribution is -0.147. The Kier molecular flexibility index (Phi) is 4.29. The molecule has 108 valence electrons. The van der Waals surface area contributed by atoms with Crippen LogP contribution in [0.2, 0.25) is 0 Å². The third-order valence-corrected chi connectivity index (χ3v) is 3.28. The van der Waals surface area contributed by atoms with Crippen LogP contribution in [0.5, 0.6) is 0 Å². The third-order valence-electron chi connectivity index (χ3n) is 2.53. The van der Waals surface area contributed by atoms with Crippen LogP contribution in [0, 0.1) is 0 Å². The van der Waals surface area contributed by atoms with E-state index < -0.39 is 17.8 Å². The molecule has 2 rings (SSSR count). The summed E-state index contributed by atoms with van der Waals surface area (Å²) in [7, 11) is 1.28. The fourth-order valence-corrected chi connectivity index (χ4v) is 2.31. The SMILES string of the molecule is COC(=O)c1ccccc1-c1csc(NC(=O)C(=O)O)n1. The summed E-state index contributed by atoms with van der Waals surface area (Å²) in [4.78, 5) is 37.3.